The van der Waals surface area contributed by atoms with Crippen molar-refractivity contribution in [1.82, 2.24) is 0 Å². The van der Waals surface area contributed by atoms with Gasteiger partial charge in [0, 0.05) is 4.88 Å². The maximum Gasteiger partial charge on any atom is 0.316 e. The number of carboxylic acid groups (broad SMARTS) is 1. The summed E-state index contributed by atoms with van der Waals surface area (Å²) in [5, 5.41) is 10.3. The zero-order chi connectivity index (χ0) is 16.5. The number of hydrogen-bond donors (Lipinski definition) is 2. The summed E-state index contributed by atoms with van der Waals surface area (Å²) in [5.41, 5.74) is 1.29. The molecule has 0 aliphatic heterocycles. The van der Waals surface area contributed by atoms with E-state index in [1.165, 1.54) is 10.4 Å². The highest BCUT2D eigenvalue weighted by atomic mass is 32.1. The van der Waals surface area contributed by atoms with Gasteiger partial charge in [0.05, 0.1) is 5.25 Å². The lowest BCUT2D eigenvalue weighted by Crippen LogP contribution is -2.12. The molecule has 1 heterocycles. The van der Waals surface area contributed by atoms with Gasteiger partial charge in [0.25, 0.3) is 0 Å². The monoisotopic (exact) mass is 350 g/mol. The number of rotatable bonds is 10. The summed E-state index contributed by atoms with van der Waals surface area (Å²) in [6.45, 7) is 0.617. The van der Waals surface area contributed by atoms with Gasteiger partial charge in [0.15, 0.2) is 0 Å². The van der Waals surface area contributed by atoms with Gasteiger partial charge in [-0.1, -0.05) is 31.0 Å². The number of carbonyl (C=O) groups is 1. The van der Waals surface area contributed by atoms with Gasteiger partial charge < -0.3 is 9.84 Å². The Morgan fingerprint density at radius 3 is 2.61 bits per heavy atom. The predicted molar refractivity (Wildman–Crippen MR) is 97.7 cm³/mol. The molecule has 2 rings (SSSR count). The first-order chi connectivity index (χ1) is 11.1. The fraction of sp³-hybridized carbons (Fsp3) is 0.389. The Morgan fingerprint density at radius 1 is 1.17 bits per heavy atom. The largest absolute Gasteiger partial charge is 0.488 e. The number of thiophene rings is 1. The van der Waals surface area contributed by atoms with Gasteiger partial charge in [-0.25, -0.2) is 0 Å². The molecule has 1 N–H and O–H groups in total. The van der Waals surface area contributed by atoms with Crippen molar-refractivity contribution in [3.8, 4) is 5.75 Å². The number of unbranched alkanes of at least 4 members (excludes halogenated alkanes) is 2. The van der Waals surface area contributed by atoms with Crippen molar-refractivity contribution in [2.75, 3.05) is 0 Å². The third kappa shape index (κ3) is 6.67. The SMILES string of the molecule is O=C(O)C(S)CCCCCc1ccc(OCc2cccs2)cc1. The highest BCUT2D eigenvalue weighted by Gasteiger charge is 2.10. The van der Waals surface area contributed by atoms with Crippen LogP contribution in [0.4, 0.5) is 0 Å². The van der Waals surface area contributed by atoms with E-state index in [0.717, 1.165) is 31.4 Å². The molecule has 1 aromatic heterocycles. The molecule has 1 atom stereocenters. The Labute approximate surface area is 146 Å². The minimum Gasteiger partial charge on any atom is -0.488 e. The molecule has 0 fully saturated rings. The van der Waals surface area contributed by atoms with Crippen molar-refractivity contribution in [1.29, 1.82) is 0 Å². The number of carboxylic acids is 1. The standard InChI is InChI=1S/C18H22O3S2/c19-18(20)17(22)7-3-1-2-5-14-8-10-15(11-9-14)21-13-16-6-4-12-23-16/h4,6,8-12,17,22H,1-3,5,7,13H2,(H,19,20). The Morgan fingerprint density at radius 2 is 1.96 bits per heavy atom. The second-order valence-electron chi connectivity index (χ2n) is 5.47. The molecule has 23 heavy (non-hydrogen) atoms. The summed E-state index contributed by atoms with van der Waals surface area (Å²) in [4.78, 5) is 11.9. The van der Waals surface area contributed by atoms with E-state index in [0.29, 0.717) is 13.0 Å². The van der Waals surface area contributed by atoms with Crippen molar-refractivity contribution >= 4 is 29.9 Å². The third-order valence-electron chi connectivity index (χ3n) is 3.61. The smallest absolute Gasteiger partial charge is 0.316 e. The molecule has 1 unspecified atom stereocenters. The second-order valence-corrected chi connectivity index (χ2v) is 7.12. The maximum atomic E-state index is 10.7. The van der Waals surface area contributed by atoms with Gasteiger partial charge in [-0.05, 0) is 48.4 Å². The third-order valence-corrected chi connectivity index (χ3v) is 4.94. The Hall–Kier alpha value is -1.46. The van der Waals surface area contributed by atoms with Crippen LogP contribution >= 0.6 is 24.0 Å². The molecular weight excluding hydrogens is 328 g/mol. The van der Waals surface area contributed by atoms with E-state index < -0.39 is 11.2 Å². The first-order valence-corrected chi connectivity index (χ1v) is 9.20. The van der Waals surface area contributed by atoms with Crippen LogP contribution in [0.3, 0.4) is 0 Å². The van der Waals surface area contributed by atoms with E-state index in [9.17, 15) is 4.79 Å². The quantitative estimate of drug-likeness (QED) is 0.477. The number of aryl methyl sites for hydroxylation is 1. The highest BCUT2D eigenvalue weighted by Crippen LogP contribution is 2.18. The van der Waals surface area contributed by atoms with Gasteiger partial charge >= 0.3 is 5.97 Å². The molecular formula is C18H22O3S2. The minimum absolute atomic E-state index is 0.533. The summed E-state index contributed by atoms with van der Waals surface area (Å²) in [5.74, 6) is 0.0630. The van der Waals surface area contributed by atoms with Crippen LogP contribution in [0, 0.1) is 0 Å². The number of ether oxygens (including phenoxy) is 1. The lowest BCUT2D eigenvalue weighted by molar-refractivity contribution is -0.136. The van der Waals surface area contributed by atoms with E-state index in [1.807, 2.05) is 23.6 Å². The molecule has 2 aromatic rings. The Balaban J connectivity index is 1.63. The van der Waals surface area contributed by atoms with Gasteiger partial charge in [-0.2, -0.15) is 12.6 Å². The maximum absolute atomic E-state index is 10.7. The molecule has 0 saturated carbocycles. The van der Waals surface area contributed by atoms with Crippen LogP contribution in [-0.4, -0.2) is 16.3 Å². The van der Waals surface area contributed by atoms with Crippen LogP contribution in [0.2, 0.25) is 0 Å². The number of benzene rings is 1. The van der Waals surface area contributed by atoms with Crippen molar-refractivity contribution in [3.63, 3.8) is 0 Å². The predicted octanol–water partition coefficient (Wildman–Crippen LogP) is 4.81. The average molecular weight is 351 g/mol. The first-order valence-electron chi connectivity index (χ1n) is 7.80. The lowest BCUT2D eigenvalue weighted by Gasteiger charge is -2.07. The molecule has 0 radical (unpaired) electrons. The fourth-order valence-electron chi connectivity index (χ4n) is 2.27. The van der Waals surface area contributed by atoms with Gasteiger partial charge in [-0.15, -0.1) is 11.3 Å². The van der Waals surface area contributed by atoms with Crippen molar-refractivity contribution in [2.45, 2.75) is 44.0 Å². The molecule has 3 nitrogen and oxygen atoms in total. The zero-order valence-electron chi connectivity index (χ0n) is 13.0. The summed E-state index contributed by atoms with van der Waals surface area (Å²) in [6, 6.07) is 12.3. The number of aliphatic carboxylic acids is 1. The summed E-state index contributed by atoms with van der Waals surface area (Å²) >= 11 is 5.74. The Kier molecular flexibility index (Phi) is 7.49. The summed E-state index contributed by atoms with van der Waals surface area (Å²) < 4.78 is 5.74. The van der Waals surface area contributed by atoms with Gasteiger partial charge in [0.1, 0.15) is 12.4 Å². The lowest BCUT2D eigenvalue weighted by atomic mass is 10.1. The zero-order valence-corrected chi connectivity index (χ0v) is 14.7. The molecule has 0 aliphatic carbocycles. The van der Waals surface area contributed by atoms with Crippen LogP contribution in [0.25, 0.3) is 0 Å². The topological polar surface area (TPSA) is 46.5 Å². The van der Waals surface area contributed by atoms with Crippen LogP contribution in [0.1, 0.15) is 36.1 Å². The van der Waals surface area contributed by atoms with Gasteiger partial charge in [0.2, 0.25) is 0 Å². The van der Waals surface area contributed by atoms with E-state index in [-0.39, 0.29) is 0 Å². The Bertz CT molecular complexity index is 579. The van der Waals surface area contributed by atoms with Crippen molar-refractivity contribution in [2.24, 2.45) is 0 Å². The molecule has 1 aromatic carbocycles. The van der Waals surface area contributed by atoms with Crippen molar-refractivity contribution < 1.29 is 14.6 Å². The summed E-state index contributed by atoms with van der Waals surface area (Å²) in [6.07, 6.45) is 4.64. The second kappa shape index (κ2) is 9.63. The van der Waals surface area contributed by atoms with E-state index in [4.69, 9.17) is 9.84 Å². The van der Waals surface area contributed by atoms with E-state index >= 15 is 0 Å². The number of thiol groups is 1. The molecule has 124 valence electrons. The minimum atomic E-state index is -0.827. The van der Waals surface area contributed by atoms with Crippen LogP contribution < -0.4 is 4.74 Å². The van der Waals surface area contributed by atoms with E-state index in [2.05, 4.69) is 30.8 Å². The molecule has 0 aliphatic rings. The molecule has 0 spiro atoms. The van der Waals surface area contributed by atoms with Crippen LogP contribution in [-0.2, 0) is 17.8 Å². The molecule has 0 amide bonds. The van der Waals surface area contributed by atoms with Crippen molar-refractivity contribution in [3.05, 3.63) is 52.2 Å². The van der Waals surface area contributed by atoms with Crippen LogP contribution in [0.15, 0.2) is 41.8 Å². The number of hydrogen-bond acceptors (Lipinski definition) is 4. The molecule has 0 bridgehead atoms. The summed E-state index contributed by atoms with van der Waals surface area (Å²) in [7, 11) is 0. The van der Waals surface area contributed by atoms with E-state index in [1.54, 1.807) is 11.3 Å². The van der Waals surface area contributed by atoms with Crippen LogP contribution in [0.5, 0.6) is 5.75 Å². The average Bonchev–Trinajstić information content (AvgIpc) is 3.07. The molecule has 5 heteroatoms. The molecule has 0 saturated heterocycles. The normalized spacial score (nSPS) is 12.0. The fourth-order valence-corrected chi connectivity index (χ4v) is 3.07. The first kappa shape index (κ1) is 17.9. The van der Waals surface area contributed by atoms with Gasteiger partial charge in [-0.3, -0.25) is 4.79 Å². The highest BCUT2D eigenvalue weighted by molar-refractivity contribution is 7.81.